The molecule has 0 heterocycles. The number of carbonyl (C=O) groups excluding carboxylic acids is 1. The third-order valence-corrected chi connectivity index (χ3v) is 2.99. The monoisotopic (exact) mass is 322 g/mol. The normalized spacial score (nSPS) is 11.0. The first-order valence-corrected chi connectivity index (χ1v) is 6.61. The van der Waals surface area contributed by atoms with Gasteiger partial charge in [0.25, 0.3) is 0 Å². The molecule has 0 aromatic heterocycles. The number of rotatable bonds is 6. The quantitative estimate of drug-likeness (QED) is 0.586. The Hall–Kier alpha value is -2.76. The largest absolute Gasteiger partial charge is 0.494 e. The molecular formula is C17H13F3O3. The van der Waals surface area contributed by atoms with Gasteiger partial charge < -0.3 is 9.47 Å². The highest BCUT2D eigenvalue weighted by molar-refractivity contribution is 6.07. The van der Waals surface area contributed by atoms with Gasteiger partial charge >= 0.3 is 6.61 Å². The van der Waals surface area contributed by atoms with Crippen LogP contribution in [0.2, 0.25) is 0 Å². The number of halogens is 3. The van der Waals surface area contributed by atoms with E-state index in [2.05, 4.69) is 4.74 Å². The van der Waals surface area contributed by atoms with Crippen LogP contribution in [0.1, 0.15) is 15.9 Å². The maximum atomic E-state index is 13.6. The minimum atomic E-state index is -2.96. The molecule has 0 bridgehead atoms. The van der Waals surface area contributed by atoms with Gasteiger partial charge in [0.1, 0.15) is 5.75 Å². The summed E-state index contributed by atoms with van der Waals surface area (Å²) < 4.78 is 47.3. The Bertz CT molecular complexity index is 727. The van der Waals surface area contributed by atoms with Crippen molar-refractivity contribution in [1.82, 2.24) is 0 Å². The minimum Gasteiger partial charge on any atom is -0.494 e. The molecule has 0 fully saturated rings. The summed E-state index contributed by atoms with van der Waals surface area (Å²) in [5, 5.41) is 0. The van der Waals surface area contributed by atoms with Crippen LogP contribution >= 0.6 is 0 Å². The van der Waals surface area contributed by atoms with Crippen molar-refractivity contribution in [1.29, 1.82) is 0 Å². The van der Waals surface area contributed by atoms with Crippen LogP contribution in [0.5, 0.6) is 11.5 Å². The van der Waals surface area contributed by atoms with Gasteiger partial charge in [-0.2, -0.15) is 8.78 Å². The van der Waals surface area contributed by atoms with E-state index in [9.17, 15) is 18.0 Å². The molecule has 6 heteroatoms. The molecule has 2 rings (SSSR count). The summed E-state index contributed by atoms with van der Waals surface area (Å²) in [4.78, 5) is 12.0. The first-order valence-electron chi connectivity index (χ1n) is 6.61. The average molecular weight is 322 g/mol. The highest BCUT2D eigenvalue weighted by Crippen LogP contribution is 2.22. The zero-order valence-corrected chi connectivity index (χ0v) is 12.1. The summed E-state index contributed by atoms with van der Waals surface area (Å²) in [7, 11) is 1.32. The van der Waals surface area contributed by atoms with Crippen molar-refractivity contribution in [3.8, 4) is 11.5 Å². The molecule has 0 aliphatic heterocycles. The lowest BCUT2D eigenvalue weighted by atomic mass is 10.1. The predicted molar refractivity (Wildman–Crippen MR) is 79.4 cm³/mol. The van der Waals surface area contributed by atoms with Crippen LogP contribution in [-0.2, 0) is 0 Å². The summed E-state index contributed by atoms with van der Waals surface area (Å²) in [5.74, 6) is -1.15. The molecule has 0 atom stereocenters. The topological polar surface area (TPSA) is 35.5 Å². The maximum Gasteiger partial charge on any atom is 0.387 e. The van der Waals surface area contributed by atoms with Gasteiger partial charge in [0.05, 0.1) is 7.11 Å². The second-order valence-corrected chi connectivity index (χ2v) is 4.46. The molecule has 3 nitrogen and oxygen atoms in total. The van der Waals surface area contributed by atoms with E-state index in [0.717, 1.165) is 12.1 Å². The Morgan fingerprint density at radius 1 is 1.13 bits per heavy atom. The Balaban J connectivity index is 2.20. The Labute approximate surface area is 131 Å². The molecule has 0 amide bonds. The van der Waals surface area contributed by atoms with Crippen LogP contribution in [0, 0.1) is 5.82 Å². The predicted octanol–water partition coefficient (Wildman–Crippen LogP) is 4.33. The lowest BCUT2D eigenvalue weighted by molar-refractivity contribution is -0.0499. The molecule has 0 spiro atoms. The zero-order chi connectivity index (χ0) is 16.8. The number of methoxy groups -OCH3 is 1. The Morgan fingerprint density at radius 3 is 2.52 bits per heavy atom. The molecular weight excluding hydrogens is 309 g/mol. The van der Waals surface area contributed by atoms with Crippen LogP contribution in [-0.4, -0.2) is 19.5 Å². The summed E-state index contributed by atoms with van der Waals surface area (Å²) >= 11 is 0. The number of para-hydroxylation sites is 1. The summed E-state index contributed by atoms with van der Waals surface area (Å²) in [5.41, 5.74) is 0.432. The Kier molecular flexibility index (Phi) is 5.41. The molecule has 0 N–H and O–H groups in total. The summed E-state index contributed by atoms with van der Waals surface area (Å²) in [6.07, 6.45) is 2.50. The fourth-order valence-corrected chi connectivity index (χ4v) is 1.90. The number of hydrogen-bond acceptors (Lipinski definition) is 3. The van der Waals surface area contributed by atoms with Crippen molar-refractivity contribution in [2.75, 3.05) is 7.11 Å². The first-order chi connectivity index (χ1) is 11.0. The molecule has 0 aliphatic carbocycles. The van der Waals surface area contributed by atoms with Crippen molar-refractivity contribution in [3.63, 3.8) is 0 Å². The van der Waals surface area contributed by atoms with E-state index >= 15 is 0 Å². The molecule has 2 aromatic carbocycles. The van der Waals surface area contributed by atoms with Gasteiger partial charge in [0.15, 0.2) is 17.3 Å². The molecule has 0 radical (unpaired) electrons. The molecule has 0 saturated heterocycles. The first kappa shape index (κ1) is 16.6. The summed E-state index contributed by atoms with van der Waals surface area (Å²) in [6.45, 7) is -2.96. The third-order valence-electron chi connectivity index (χ3n) is 2.99. The summed E-state index contributed by atoms with van der Waals surface area (Å²) in [6, 6.07) is 9.85. The van der Waals surface area contributed by atoms with Crippen LogP contribution < -0.4 is 9.47 Å². The standard InChI is InChI=1S/C17H13F3O3/c1-22-16-9-7-12(10-13(16)18)14(21)8-6-11-4-2-3-5-15(11)23-17(19)20/h2-10,17H,1H3/b8-6+. The third kappa shape index (κ3) is 4.35. The van der Waals surface area contributed by atoms with Crippen molar-refractivity contribution in [2.45, 2.75) is 6.61 Å². The lowest BCUT2D eigenvalue weighted by Crippen LogP contribution is -2.03. The van der Waals surface area contributed by atoms with Crippen LogP contribution in [0.3, 0.4) is 0 Å². The molecule has 0 saturated carbocycles. The van der Waals surface area contributed by atoms with E-state index in [-0.39, 0.29) is 17.1 Å². The van der Waals surface area contributed by atoms with E-state index in [1.54, 1.807) is 6.07 Å². The van der Waals surface area contributed by atoms with Crippen LogP contribution in [0.25, 0.3) is 6.08 Å². The molecule has 0 aliphatic rings. The number of carbonyl (C=O) groups is 1. The van der Waals surface area contributed by atoms with E-state index in [4.69, 9.17) is 4.74 Å². The minimum absolute atomic E-state index is 0.0289. The molecule has 0 unspecified atom stereocenters. The molecule has 120 valence electrons. The fraction of sp³-hybridized carbons (Fsp3) is 0.118. The lowest BCUT2D eigenvalue weighted by Gasteiger charge is -2.07. The average Bonchev–Trinajstić information content (AvgIpc) is 2.53. The van der Waals surface area contributed by atoms with E-state index < -0.39 is 18.2 Å². The van der Waals surface area contributed by atoms with Crippen molar-refractivity contribution < 1.29 is 27.4 Å². The fourth-order valence-electron chi connectivity index (χ4n) is 1.90. The van der Waals surface area contributed by atoms with Crippen molar-refractivity contribution >= 4 is 11.9 Å². The zero-order valence-electron chi connectivity index (χ0n) is 12.1. The van der Waals surface area contributed by atoms with Gasteiger partial charge in [0, 0.05) is 11.1 Å². The smallest absolute Gasteiger partial charge is 0.387 e. The van der Waals surface area contributed by atoms with Gasteiger partial charge in [-0.15, -0.1) is 0 Å². The van der Waals surface area contributed by atoms with Crippen molar-refractivity contribution in [3.05, 3.63) is 65.5 Å². The van der Waals surface area contributed by atoms with E-state index in [1.165, 1.54) is 43.5 Å². The van der Waals surface area contributed by atoms with E-state index in [1.807, 2.05) is 0 Å². The van der Waals surface area contributed by atoms with Crippen LogP contribution in [0.4, 0.5) is 13.2 Å². The molecule has 2 aromatic rings. The number of hydrogen-bond donors (Lipinski definition) is 0. The second-order valence-electron chi connectivity index (χ2n) is 4.46. The Morgan fingerprint density at radius 2 is 1.87 bits per heavy atom. The van der Waals surface area contributed by atoms with Gasteiger partial charge in [0.2, 0.25) is 0 Å². The maximum absolute atomic E-state index is 13.6. The number of ketones is 1. The van der Waals surface area contributed by atoms with Crippen molar-refractivity contribution in [2.24, 2.45) is 0 Å². The highest BCUT2D eigenvalue weighted by Gasteiger charge is 2.10. The van der Waals surface area contributed by atoms with E-state index in [0.29, 0.717) is 5.56 Å². The number of benzene rings is 2. The van der Waals surface area contributed by atoms with Gasteiger partial charge in [-0.3, -0.25) is 4.79 Å². The number of allylic oxidation sites excluding steroid dienone is 1. The highest BCUT2D eigenvalue weighted by atomic mass is 19.3. The second kappa shape index (κ2) is 7.49. The van der Waals surface area contributed by atoms with Gasteiger partial charge in [-0.05, 0) is 36.4 Å². The van der Waals surface area contributed by atoms with Gasteiger partial charge in [-0.25, -0.2) is 4.39 Å². The SMILES string of the molecule is COc1ccc(C(=O)/C=C/c2ccccc2OC(F)F)cc1F. The number of alkyl halides is 2. The van der Waals surface area contributed by atoms with Gasteiger partial charge in [-0.1, -0.05) is 18.2 Å². The number of ether oxygens (including phenoxy) is 2. The van der Waals surface area contributed by atoms with Crippen LogP contribution in [0.15, 0.2) is 48.5 Å². The molecule has 23 heavy (non-hydrogen) atoms.